The van der Waals surface area contributed by atoms with Crippen molar-refractivity contribution in [2.75, 3.05) is 0 Å². The molecule has 224 valence electrons. The molecule has 0 unspecified atom stereocenters. The van der Waals surface area contributed by atoms with Crippen LogP contribution in [-0.2, 0) is 0 Å². The molecule has 0 spiro atoms. The molecule has 0 fully saturated rings. The van der Waals surface area contributed by atoms with E-state index in [-0.39, 0.29) is 9.79 Å². The van der Waals surface area contributed by atoms with Gasteiger partial charge in [0.25, 0.3) is 11.0 Å². The van der Waals surface area contributed by atoms with Gasteiger partial charge in [-0.05, 0) is 58.1 Å². The van der Waals surface area contributed by atoms with Gasteiger partial charge in [0, 0.05) is 12.1 Å². The third-order valence-corrected chi connectivity index (χ3v) is 7.21. The molecule has 42 heavy (non-hydrogen) atoms. The lowest BCUT2D eigenvalue weighted by molar-refractivity contribution is -0.454. The Morgan fingerprint density at radius 3 is 1.14 bits per heavy atom. The molecule has 2 aromatic heterocycles. The van der Waals surface area contributed by atoms with E-state index >= 15 is 0 Å². The fraction of sp³-hybridized carbons (Fsp3) is 0.143. The molecule has 0 saturated carbocycles. The lowest BCUT2D eigenvalue weighted by atomic mass is 10.3. The highest BCUT2D eigenvalue weighted by Crippen LogP contribution is 2.44. The fourth-order valence-electron chi connectivity index (χ4n) is 3.59. The summed E-state index contributed by atoms with van der Waals surface area (Å²) in [5.74, 6) is 0. The minimum absolute atomic E-state index is 0.0479. The molecule has 0 amide bonds. The summed E-state index contributed by atoms with van der Waals surface area (Å²) >= 11 is 0. The Balaban J connectivity index is 0.000000206. The van der Waals surface area contributed by atoms with Crippen molar-refractivity contribution >= 4 is 43.8 Å². The van der Waals surface area contributed by atoms with Crippen LogP contribution in [0.2, 0.25) is 0 Å². The molecule has 8 N–H and O–H groups in total. The van der Waals surface area contributed by atoms with Gasteiger partial charge in [0.05, 0.1) is 20.0 Å². The molecule has 0 saturated heterocycles. The zero-order chi connectivity index (χ0) is 30.9. The number of nitrogens with one attached hydrogen (secondary N) is 2. The largest absolute Gasteiger partial charge is 0.304 e. The Hall–Kier alpha value is -3.86. The summed E-state index contributed by atoms with van der Waals surface area (Å²) < 4.78 is 55.3. The summed E-state index contributed by atoms with van der Waals surface area (Å²) in [4.78, 5) is 3.26. The number of aromatic amines is 2. The Bertz CT molecular complexity index is 1570. The molecule has 12 nitrogen and oxygen atoms in total. The fourth-order valence-corrected chi connectivity index (χ4v) is 4.64. The second-order valence-electron chi connectivity index (χ2n) is 8.11. The maximum Gasteiger partial charge on any atom is 0.250 e. The minimum Gasteiger partial charge on any atom is -0.304 e. The Kier molecular flexibility index (Phi) is 11.2. The van der Waals surface area contributed by atoms with Crippen molar-refractivity contribution in [2.45, 2.75) is 37.5 Å². The third-order valence-electron chi connectivity index (χ3n) is 5.44. The number of rotatable bonds is 4. The molecule has 6 rings (SSSR count). The molecular formula is C28H36N6O6S2+2. The summed E-state index contributed by atoms with van der Waals surface area (Å²) in [7, 11) is -7.43. The van der Waals surface area contributed by atoms with Crippen LogP contribution in [0.5, 0.6) is 0 Å². The van der Waals surface area contributed by atoms with Gasteiger partial charge in [-0.1, -0.05) is 64.1 Å². The quantitative estimate of drug-likeness (QED) is 0.123. The second-order valence-corrected chi connectivity index (χ2v) is 11.1. The van der Waals surface area contributed by atoms with Crippen LogP contribution in [0.15, 0.2) is 107 Å². The standard InChI is InChI=1S/2C12H11N3O3S.2C2H6/c2*16-19(17,18)10-6-7-11-12(8-10)14-15(13-11)9-4-2-1-3-5-9;2*1-2/h2*1-8,16-18H;2*1-2H3/p+2. The predicted octanol–water partition coefficient (Wildman–Crippen LogP) is 6.90. The highest BCUT2D eigenvalue weighted by atomic mass is 32.3. The first kappa shape index (κ1) is 32.7. The molecule has 0 aliphatic heterocycles. The van der Waals surface area contributed by atoms with Crippen LogP contribution in [0, 0.1) is 0 Å². The van der Waals surface area contributed by atoms with Crippen LogP contribution < -0.4 is 10.2 Å². The van der Waals surface area contributed by atoms with Crippen LogP contribution in [0.25, 0.3) is 33.4 Å². The molecule has 4 aromatic carbocycles. The molecule has 0 aliphatic rings. The van der Waals surface area contributed by atoms with Crippen LogP contribution in [0.1, 0.15) is 27.7 Å². The van der Waals surface area contributed by atoms with Gasteiger partial charge in [-0.2, -0.15) is 10.2 Å². The van der Waals surface area contributed by atoms with E-state index in [2.05, 4.69) is 20.4 Å². The number of nitrogens with zero attached hydrogens (tertiary/aromatic N) is 4. The normalized spacial score (nSPS) is 11.9. The number of hydrogen-bond acceptors (Lipinski definition) is 8. The van der Waals surface area contributed by atoms with E-state index in [9.17, 15) is 27.3 Å². The highest BCUT2D eigenvalue weighted by molar-refractivity contribution is 8.19. The zero-order valence-corrected chi connectivity index (χ0v) is 25.2. The molecule has 6 aromatic rings. The van der Waals surface area contributed by atoms with E-state index in [1.165, 1.54) is 24.3 Å². The van der Waals surface area contributed by atoms with E-state index < -0.39 is 21.7 Å². The third kappa shape index (κ3) is 8.12. The number of benzene rings is 4. The van der Waals surface area contributed by atoms with Crippen LogP contribution in [0.4, 0.5) is 0 Å². The molecule has 0 radical (unpaired) electrons. The molecule has 0 aliphatic carbocycles. The maximum absolute atomic E-state index is 9.22. The van der Waals surface area contributed by atoms with Gasteiger partial charge in [-0.3, -0.25) is 0 Å². The van der Waals surface area contributed by atoms with E-state index in [4.69, 9.17) is 0 Å². The topological polar surface area (TPSA) is 185 Å². The van der Waals surface area contributed by atoms with Crippen LogP contribution in [-0.4, -0.2) is 47.1 Å². The van der Waals surface area contributed by atoms with Gasteiger partial charge >= 0.3 is 0 Å². The van der Waals surface area contributed by atoms with E-state index in [0.29, 0.717) is 11.0 Å². The average Bonchev–Trinajstić information content (AvgIpc) is 3.63. The Morgan fingerprint density at radius 1 is 0.500 bits per heavy atom. The van der Waals surface area contributed by atoms with Gasteiger partial charge < -0.3 is 27.3 Å². The first-order chi connectivity index (χ1) is 20.1. The van der Waals surface area contributed by atoms with Crippen molar-refractivity contribution in [3.8, 4) is 11.4 Å². The Labute approximate surface area is 246 Å². The van der Waals surface area contributed by atoms with Gasteiger partial charge in [-0.25, -0.2) is 0 Å². The summed E-state index contributed by atoms with van der Waals surface area (Å²) in [6.45, 7) is 8.00. The average molecular weight is 617 g/mol. The summed E-state index contributed by atoms with van der Waals surface area (Å²) in [5.41, 5.74) is 4.25. The Morgan fingerprint density at radius 2 is 0.833 bits per heavy atom. The highest BCUT2D eigenvalue weighted by Gasteiger charge is 2.21. The van der Waals surface area contributed by atoms with E-state index in [1.54, 1.807) is 21.7 Å². The second kappa shape index (κ2) is 14.4. The number of para-hydroxylation sites is 2. The van der Waals surface area contributed by atoms with Crippen LogP contribution in [0.3, 0.4) is 0 Å². The van der Waals surface area contributed by atoms with Gasteiger partial charge in [0.1, 0.15) is 33.1 Å². The molecule has 2 heterocycles. The summed E-state index contributed by atoms with van der Waals surface area (Å²) in [6, 6.07) is 28.0. The zero-order valence-electron chi connectivity index (χ0n) is 23.5. The van der Waals surface area contributed by atoms with Gasteiger partial charge in [0.15, 0.2) is 11.0 Å². The number of hydrogen-bond donors (Lipinski definition) is 6. The molecule has 14 heteroatoms. The van der Waals surface area contributed by atoms with E-state index in [1.807, 2.05) is 88.4 Å². The first-order valence-electron chi connectivity index (χ1n) is 13.0. The van der Waals surface area contributed by atoms with Crippen molar-refractivity contribution in [3.05, 3.63) is 97.1 Å². The van der Waals surface area contributed by atoms with Gasteiger partial charge in [0.2, 0.25) is 0 Å². The smallest absolute Gasteiger partial charge is 0.250 e. The van der Waals surface area contributed by atoms with Crippen molar-refractivity contribution in [3.63, 3.8) is 0 Å². The summed E-state index contributed by atoms with van der Waals surface area (Å²) in [6.07, 6.45) is 0. The number of fused-ring (bicyclic) bond motifs is 2. The van der Waals surface area contributed by atoms with Crippen molar-refractivity contribution in [1.29, 1.82) is 0 Å². The number of aromatic nitrogens is 6. The lowest BCUT2D eigenvalue weighted by Crippen LogP contribution is -2.17. The lowest BCUT2D eigenvalue weighted by Gasteiger charge is -2.17. The van der Waals surface area contributed by atoms with Gasteiger partial charge in [-0.15, -0.1) is 0 Å². The van der Waals surface area contributed by atoms with E-state index in [0.717, 1.165) is 22.4 Å². The molecular weight excluding hydrogens is 580 g/mol. The first-order valence-corrected chi connectivity index (χ1v) is 16.1. The maximum atomic E-state index is 9.22. The van der Waals surface area contributed by atoms with Crippen LogP contribution >= 0.6 is 21.7 Å². The summed E-state index contributed by atoms with van der Waals surface area (Å²) in [5, 5.41) is 14.7. The molecule has 0 atom stereocenters. The minimum atomic E-state index is -3.71. The SMILES string of the molecule is CC.CC.OS(O)(O)c1ccc2[nH+]n(-c3ccccc3)nc2c1.OS(O)(O)c1ccc2[nH+]n(-c3ccccc3)nc2c1. The van der Waals surface area contributed by atoms with Crippen molar-refractivity contribution in [2.24, 2.45) is 0 Å². The number of H-pyrrole nitrogens is 2. The molecule has 0 bridgehead atoms. The van der Waals surface area contributed by atoms with Crippen molar-refractivity contribution in [1.82, 2.24) is 19.8 Å². The predicted molar refractivity (Wildman–Crippen MR) is 165 cm³/mol. The van der Waals surface area contributed by atoms with Crippen molar-refractivity contribution < 1.29 is 37.5 Å². The monoisotopic (exact) mass is 616 g/mol.